The van der Waals surface area contributed by atoms with Gasteiger partial charge in [0, 0.05) is 11.6 Å². The predicted octanol–water partition coefficient (Wildman–Crippen LogP) is 0.331. The quantitative estimate of drug-likeness (QED) is 0.529. The highest BCUT2D eigenvalue weighted by atomic mass is 35.5. The number of nitro benzene ring substituents is 1. The standard InChI is InChI=1S/C10H11ClN2O5/c11-8-2-1-6(3-9(8)13(17)18)10(16)12-7(4-14)5-15/h1-3,7,14-15H,4-5H2,(H,12,16). The molecule has 0 saturated heterocycles. The van der Waals surface area contributed by atoms with E-state index in [1.807, 2.05) is 0 Å². The molecule has 0 aliphatic rings. The predicted molar refractivity (Wildman–Crippen MR) is 63.5 cm³/mol. The second-order valence-electron chi connectivity index (χ2n) is 3.46. The van der Waals surface area contributed by atoms with Crippen LogP contribution in [-0.4, -0.2) is 40.3 Å². The Morgan fingerprint density at radius 2 is 2.06 bits per heavy atom. The van der Waals surface area contributed by atoms with Gasteiger partial charge in [-0.15, -0.1) is 0 Å². The van der Waals surface area contributed by atoms with E-state index in [0.29, 0.717) is 0 Å². The molecule has 0 spiro atoms. The van der Waals surface area contributed by atoms with Crippen LogP contribution >= 0.6 is 11.6 Å². The summed E-state index contributed by atoms with van der Waals surface area (Å²) in [6.07, 6.45) is 0. The molecule has 0 aliphatic heterocycles. The van der Waals surface area contributed by atoms with Gasteiger partial charge in [0.25, 0.3) is 11.6 Å². The van der Waals surface area contributed by atoms with Crippen molar-refractivity contribution in [2.75, 3.05) is 13.2 Å². The minimum Gasteiger partial charge on any atom is -0.394 e. The first-order valence-corrected chi connectivity index (χ1v) is 5.34. The van der Waals surface area contributed by atoms with Crippen molar-refractivity contribution in [2.24, 2.45) is 0 Å². The molecule has 0 unspecified atom stereocenters. The Morgan fingerprint density at radius 3 is 2.56 bits per heavy atom. The summed E-state index contributed by atoms with van der Waals surface area (Å²) in [4.78, 5) is 21.6. The van der Waals surface area contributed by atoms with E-state index in [1.54, 1.807) is 0 Å². The fourth-order valence-electron chi connectivity index (χ4n) is 1.21. The van der Waals surface area contributed by atoms with Gasteiger partial charge < -0.3 is 15.5 Å². The smallest absolute Gasteiger partial charge is 0.288 e. The largest absolute Gasteiger partial charge is 0.394 e. The zero-order chi connectivity index (χ0) is 13.7. The number of carbonyl (C=O) groups is 1. The van der Waals surface area contributed by atoms with Gasteiger partial charge >= 0.3 is 0 Å². The lowest BCUT2D eigenvalue weighted by molar-refractivity contribution is -0.384. The molecule has 3 N–H and O–H groups in total. The number of hydrogen-bond acceptors (Lipinski definition) is 5. The molecular formula is C10H11ClN2O5. The summed E-state index contributed by atoms with van der Waals surface area (Å²) in [5, 5.41) is 30.5. The van der Waals surface area contributed by atoms with Crippen LogP contribution in [0.25, 0.3) is 0 Å². The Labute approximate surface area is 107 Å². The molecule has 0 saturated carbocycles. The number of aliphatic hydroxyl groups is 2. The zero-order valence-corrected chi connectivity index (χ0v) is 9.92. The molecule has 7 nitrogen and oxygen atoms in total. The number of amides is 1. The number of nitrogens with zero attached hydrogens (tertiary/aromatic N) is 1. The van der Waals surface area contributed by atoms with Crippen LogP contribution in [0.15, 0.2) is 18.2 Å². The fourth-order valence-corrected chi connectivity index (χ4v) is 1.40. The molecule has 0 radical (unpaired) electrons. The maximum absolute atomic E-state index is 11.7. The van der Waals surface area contributed by atoms with Crippen LogP contribution in [0.5, 0.6) is 0 Å². The maximum atomic E-state index is 11.7. The molecule has 8 heteroatoms. The van der Waals surface area contributed by atoms with Crippen molar-refractivity contribution in [3.8, 4) is 0 Å². The lowest BCUT2D eigenvalue weighted by Crippen LogP contribution is -2.40. The van der Waals surface area contributed by atoms with E-state index in [9.17, 15) is 14.9 Å². The van der Waals surface area contributed by atoms with Crippen LogP contribution in [0.4, 0.5) is 5.69 Å². The first kappa shape index (κ1) is 14.4. The van der Waals surface area contributed by atoms with E-state index in [4.69, 9.17) is 21.8 Å². The Balaban J connectivity index is 2.93. The summed E-state index contributed by atoms with van der Waals surface area (Å²) in [5.41, 5.74) is -0.355. The van der Waals surface area contributed by atoms with Gasteiger partial charge in [-0.05, 0) is 12.1 Å². The van der Waals surface area contributed by atoms with Crippen molar-refractivity contribution in [1.82, 2.24) is 5.32 Å². The minimum absolute atomic E-state index is 0.0259. The van der Waals surface area contributed by atoms with Gasteiger partial charge in [0.05, 0.1) is 24.2 Å². The van der Waals surface area contributed by atoms with Crippen LogP contribution in [-0.2, 0) is 0 Å². The van der Waals surface area contributed by atoms with Crippen molar-refractivity contribution < 1.29 is 19.9 Å². The second-order valence-corrected chi connectivity index (χ2v) is 3.87. The summed E-state index contributed by atoms with van der Waals surface area (Å²) < 4.78 is 0. The number of hydrogen-bond donors (Lipinski definition) is 3. The van der Waals surface area contributed by atoms with Crippen molar-refractivity contribution in [1.29, 1.82) is 0 Å². The van der Waals surface area contributed by atoms with Crippen LogP contribution < -0.4 is 5.32 Å². The van der Waals surface area contributed by atoms with E-state index in [0.717, 1.165) is 6.07 Å². The number of rotatable bonds is 5. The van der Waals surface area contributed by atoms with Crippen molar-refractivity contribution in [2.45, 2.75) is 6.04 Å². The fraction of sp³-hybridized carbons (Fsp3) is 0.300. The van der Waals surface area contributed by atoms with Gasteiger partial charge in [0.2, 0.25) is 0 Å². The van der Waals surface area contributed by atoms with E-state index in [2.05, 4.69) is 5.32 Å². The molecule has 1 rings (SSSR count). The minimum atomic E-state index is -0.813. The summed E-state index contributed by atoms with van der Waals surface area (Å²) >= 11 is 5.60. The van der Waals surface area contributed by atoms with E-state index < -0.39 is 30.1 Å². The number of nitro groups is 1. The number of halogens is 1. The van der Waals surface area contributed by atoms with Gasteiger partial charge in [-0.1, -0.05) is 11.6 Å². The third kappa shape index (κ3) is 3.39. The highest BCUT2D eigenvalue weighted by molar-refractivity contribution is 6.32. The second kappa shape index (κ2) is 6.29. The number of nitrogens with one attached hydrogen (secondary N) is 1. The summed E-state index contributed by atoms with van der Waals surface area (Å²) in [7, 11) is 0. The average molecular weight is 275 g/mol. The number of carbonyl (C=O) groups excluding carboxylic acids is 1. The van der Waals surface area contributed by atoms with Crippen molar-refractivity contribution >= 4 is 23.2 Å². The molecule has 0 aliphatic carbocycles. The summed E-state index contributed by atoms with van der Waals surface area (Å²) in [6.45, 7) is -0.865. The van der Waals surface area contributed by atoms with E-state index >= 15 is 0 Å². The highest BCUT2D eigenvalue weighted by Crippen LogP contribution is 2.24. The average Bonchev–Trinajstić information content (AvgIpc) is 2.35. The van der Waals surface area contributed by atoms with Gasteiger partial charge in [0.1, 0.15) is 5.02 Å². The van der Waals surface area contributed by atoms with E-state index in [1.165, 1.54) is 12.1 Å². The van der Waals surface area contributed by atoms with Gasteiger partial charge in [0.15, 0.2) is 0 Å². The molecule has 0 heterocycles. The van der Waals surface area contributed by atoms with E-state index in [-0.39, 0.29) is 16.3 Å². The lowest BCUT2D eigenvalue weighted by atomic mass is 10.1. The molecule has 98 valence electrons. The maximum Gasteiger partial charge on any atom is 0.288 e. The number of aliphatic hydroxyl groups excluding tert-OH is 2. The SMILES string of the molecule is O=C(NC(CO)CO)c1ccc(Cl)c([N+](=O)[O-])c1. The van der Waals surface area contributed by atoms with Gasteiger partial charge in [-0.2, -0.15) is 0 Å². The third-order valence-corrected chi connectivity index (χ3v) is 2.50. The molecule has 0 atom stereocenters. The van der Waals surface area contributed by atoms with Crippen LogP contribution in [0.1, 0.15) is 10.4 Å². The zero-order valence-electron chi connectivity index (χ0n) is 9.17. The van der Waals surface area contributed by atoms with Crippen LogP contribution in [0, 0.1) is 10.1 Å². The molecule has 18 heavy (non-hydrogen) atoms. The first-order valence-electron chi connectivity index (χ1n) is 4.96. The molecular weight excluding hydrogens is 264 g/mol. The highest BCUT2D eigenvalue weighted by Gasteiger charge is 2.18. The molecule has 1 aromatic carbocycles. The summed E-state index contributed by atoms with van der Waals surface area (Å²) in [6, 6.07) is 2.77. The first-order chi connectivity index (χ1) is 8.49. The van der Waals surface area contributed by atoms with Crippen molar-refractivity contribution in [3.05, 3.63) is 38.9 Å². The summed E-state index contributed by atoms with van der Waals surface area (Å²) in [5.74, 6) is -0.636. The van der Waals surface area contributed by atoms with Crippen LogP contribution in [0.3, 0.4) is 0 Å². The molecule has 0 fully saturated rings. The Hall–Kier alpha value is -1.70. The number of benzene rings is 1. The molecule has 1 amide bonds. The normalized spacial score (nSPS) is 10.4. The lowest BCUT2D eigenvalue weighted by Gasteiger charge is -2.13. The van der Waals surface area contributed by atoms with Gasteiger partial charge in [-0.25, -0.2) is 0 Å². The molecule has 0 aromatic heterocycles. The molecule has 1 aromatic rings. The molecule has 0 bridgehead atoms. The van der Waals surface area contributed by atoms with Crippen LogP contribution in [0.2, 0.25) is 5.02 Å². The topological polar surface area (TPSA) is 113 Å². The Morgan fingerprint density at radius 1 is 1.44 bits per heavy atom. The Bertz CT molecular complexity index is 462. The third-order valence-electron chi connectivity index (χ3n) is 2.18. The monoisotopic (exact) mass is 274 g/mol. The Kier molecular flexibility index (Phi) is 5.02. The van der Waals surface area contributed by atoms with Crippen molar-refractivity contribution in [3.63, 3.8) is 0 Å². The van der Waals surface area contributed by atoms with Gasteiger partial charge in [-0.3, -0.25) is 14.9 Å².